The molecule has 2 N–H and O–H groups in total. The summed E-state index contributed by atoms with van der Waals surface area (Å²) in [6.45, 7) is 10.0. The van der Waals surface area contributed by atoms with Gasteiger partial charge in [0.25, 0.3) is 11.8 Å². The fraction of sp³-hybridized carbons (Fsp3) is 0.400. The van der Waals surface area contributed by atoms with Gasteiger partial charge in [-0.2, -0.15) is 0 Å². The van der Waals surface area contributed by atoms with Crippen LogP contribution >= 0.6 is 11.6 Å². The zero-order chi connectivity index (χ0) is 24.2. The van der Waals surface area contributed by atoms with E-state index in [0.717, 1.165) is 5.56 Å². The molecule has 32 heavy (non-hydrogen) atoms. The van der Waals surface area contributed by atoms with Crippen molar-refractivity contribution in [1.29, 1.82) is 0 Å². The predicted molar refractivity (Wildman–Crippen MR) is 129 cm³/mol. The van der Waals surface area contributed by atoms with Crippen LogP contribution in [0.3, 0.4) is 0 Å². The van der Waals surface area contributed by atoms with Crippen molar-refractivity contribution in [2.75, 3.05) is 19.4 Å². The van der Waals surface area contributed by atoms with Gasteiger partial charge in [0.1, 0.15) is 6.04 Å². The summed E-state index contributed by atoms with van der Waals surface area (Å²) in [6.07, 6.45) is 0. The first-order chi connectivity index (χ1) is 14.8. The molecule has 2 aromatic rings. The topological polar surface area (TPSA) is 78.5 Å². The zero-order valence-electron chi connectivity index (χ0n) is 19.7. The predicted octanol–water partition coefficient (Wildman–Crippen LogP) is 4.73. The Balaban J connectivity index is 2.13. The number of hydrogen-bond acceptors (Lipinski definition) is 3. The van der Waals surface area contributed by atoms with Gasteiger partial charge < -0.3 is 15.5 Å². The third-order valence-corrected chi connectivity index (χ3v) is 5.43. The molecule has 0 radical (unpaired) electrons. The average Bonchev–Trinajstić information content (AvgIpc) is 2.70. The molecule has 0 fully saturated rings. The number of carbonyl (C=O) groups is 3. The van der Waals surface area contributed by atoms with Crippen molar-refractivity contribution in [3.63, 3.8) is 0 Å². The van der Waals surface area contributed by atoms with E-state index in [4.69, 9.17) is 11.6 Å². The number of nitrogens with zero attached hydrogens (tertiary/aromatic N) is 1. The normalized spacial score (nSPS) is 12.3. The summed E-state index contributed by atoms with van der Waals surface area (Å²) >= 11 is 6.23. The van der Waals surface area contributed by atoms with E-state index >= 15 is 0 Å². The van der Waals surface area contributed by atoms with Crippen LogP contribution in [0.25, 0.3) is 0 Å². The molecule has 0 bridgehead atoms. The molecule has 0 saturated carbocycles. The smallest absolute Gasteiger partial charge is 0.254 e. The summed E-state index contributed by atoms with van der Waals surface area (Å²) in [5.74, 6) is -1.04. The number of rotatable bonds is 6. The number of benzene rings is 2. The van der Waals surface area contributed by atoms with E-state index in [1.54, 1.807) is 38.4 Å². The van der Waals surface area contributed by atoms with Gasteiger partial charge in [-0.15, -0.1) is 0 Å². The maximum absolute atomic E-state index is 12.9. The quantitative estimate of drug-likeness (QED) is 0.658. The molecule has 172 valence electrons. The molecular formula is C25H32ClN3O3. The summed E-state index contributed by atoms with van der Waals surface area (Å²) < 4.78 is 0. The lowest BCUT2D eigenvalue weighted by molar-refractivity contribution is -0.118. The lowest BCUT2D eigenvalue weighted by Gasteiger charge is -2.23. The maximum Gasteiger partial charge on any atom is 0.254 e. The molecule has 0 aliphatic carbocycles. The van der Waals surface area contributed by atoms with Gasteiger partial charge in [-0.25, -0.2) is 0 Å². The van der Waals surface area contributed by atoms with Crippen LogP contribution in [-0.2, 0) is 10.2 Å². The number of nitrogens with one attached hydrogen (secondary N) is 2. The van der Waals surface area contributed by atoms with Crippen LogP contribution in [0.15, 0.2) is 42.5 Å². The summed E-state index contributed by atoms with van der Waals surface area (Å²) in [5, 5.41) is 5.85. The second-order valence-corrected chi connectivity index (χ2v) is 9.81. The molecule has 3 amide bonds. The molecule has 6 nitrogen and oxygen atoms in total. The lowest BCUT2D eigenvalue weighted by atomic mass is 9.86. The van der Waals surface area contributed by atoms with Gasteiger partial charge in [0.2, 0.25) is 5.91 Å². The molecule has 7 heteroatoms. The minimum Gasteiger partial charge on any atom is -0.345 e. The summed E-state index contributed by atoms with van der Waals surface area (Å²) in [5.41, 5.74) is 2.40. The van der Waals surface area contributed by atoms with Crippen LogP contribution in [0.4, 0.5) is 5.69 Å². The van der Waals surface area contributed by atoms with Crippen molar-refractivity contribution in [3.8, 4) is 0 Å². The molecule has 0 aliphatic heterocycles. The summed E-state index contributed by atoms with van der Waals surface area (Å²) in [4.78, 5) is 39.2. The Morgan fingerprint density at radius 3 is 2.03 bits per heavy atom. The third kappa shape index (κ3) is 6.33. The molecule has 1 atom stereocenters. The van der Waals surface area contributed by atoms with Crippen LogP contribution in [0.2, 0.25) is 5.02 Å². The molecule has 2 rings (SSSR count). The second kappa shape index (κ2) is 10.2. The summed E-state index contributed by atoms with van der Waals surface area (Å²) in [7, 11) is 3.28. The van der Waals surface area contributed by atoms with Gasteiger partial charge in [0.05, 0.1) is 10.6 Å². The van der Waals surface area contributed by atoms with Crippen LogP contribution in [-0.4, -0.2) is 42.8 Å². The van der Waals surface area contributed by atoms with Crippen molar-refractivity contribution in [1.82, 2.24) is 10.2 Å². The van der Waals surface area contributed by atoms with E-state index < -0.39 is 6.04 Å². The van der Waals surface area contributed by atoms with Crippen molar-refractivity contribution < 1.29 is 14.4 Å². The van der Waals surface area contributed by atoms with Gasteiger partial charge in [0, 0.05) is 25.3 Å². The van der Waals surface area contributed by atoms with Crippen molar-refractivity contribution in [2.24, 2.45) is 5.92 Å². The monoisotopic (exact) mass is 457 g/mol. The first-order valence-electron chi connectivity index (χ1n) is 10.5. The van der Waals surface area contributed by atoms with Crippen molar-refractivity contribution in [2.45, 2.75) is 46.1 Å². The van der Waals surface area contributed by atoms with Crippen LogP contribution < -0.4 is 10.6 Å². The van der Waals surface area contributed by atoms with Gasteiger partial charge in [0.15, 0.2) is 0 Å². The first kappa shape index (κ1) is 25.4. The van der Waals surface area contributed by atoms with Crippen LogP contribution in [0.1, 0.15) is 60.9 Å². The molecule has 0 aliphatic rings. The number of halogens is 1. The van der Waals surface area contributed by atoms with E-state index in [-0.39, 0.29) is 34.1 Å². The first-order valence-corrected chi connectivity index (χ1v) is 10.9. The Hall–Kier alpha value is -2.86. The lowest BCUT2D eigenvalue weighted by Crippen LogP contribution is -2.47. The Labute approximate surface area is 195 Å². The molecule has 1 unspecified atom stereocenters. The zero-order valence-corrected chi connectivity index (χ0v) is 20.5. The van der Waals surface area contributed by atoms with Crippen molar-refractivity contribution >= 4 is 35.0 Å². The number of hydrogen-bond donors (Lipinski definition) is 2. The summed E-state index contributed by atoms with van der Waals surface area (Å²) in [6, 6.07) is 11.4. The average molecular weight is 458 g/mol. The van der Waals surface area contributed by atoms with Gasteiger partial charge >= 0.3 is 0 Å². The Bertz CT molecular complexity index is 992. The van der Waals surface area contributed by atoms with E-state index in [9.17, 15) is 14.4 Å². The molecule has 0 spiro atoms. The van der Waals surface area contributed by atoms with Gasteiger partial charge in [-0.05, 0) is 47.2 Å². The minimum atomic E-state index is -0.744. The van der Waals surface area contributed by atoms with E-state index in [1.165, 1.54) is 11.0 Å². The fourth-order valence-electron chi connectivity index (χ4n) is 3.11. The standard InChI is InChI=1S/C25H32ClN3O3/c1-15(2)21(28-22(30)16-8-10-17(11-9-16)25(3,4)5)23(31)27-18-12-13-19(20(26)14-18)24(32)29(6)7/h8-15,21H,1-7H3,(H,27,31)(H,28,30). The highest BCUT2D eigenvalue weighted by molar-refractivity contribution is 6.34. The molecule has 0 aromatic heterocycles. The number of carbonyl (C=O) groups excluding carboxylic acids is 3. The molecular weight excluding hydrogens is 426 g/mol. The third-order valence-electron chi connectivity index (χ3n) is 5.12. The van der Waals surface area contributed by atoms with E-state index in [2.05, 4.69) is 31.4 Å². The SMILES string of the molecule is CC(C)C(NC(=O)c1ccc(C(C)(C)C)cc1)C(=O)Nc1ccc(C(=O)N(C)C)c(Cl)c1. The fourth-order valence-corrected chi connectivity index (χ4v) is 3.37. The highest BCUT2D eigenvalue weighted by Crippen LogP contribution is 2.23. The Kier molecular flexibility index (Phi) is 8.07. The molecule has 0 saturated heterocycles. The minimum absolute atomic E-state index is 0.0106. The van der Waals surface area contributed by atoms with Crippen LogP contribution in [0.5, 0.6) is 0 Å². The maximum atomic E-state index is 12.9. The van der Waals surface area contributed by atoms with Gasteiger partial charge in [-0.1, -0.05) is 58.4 Å². The van der Waals surface area contributed by atoms with Crippen LogP contribution in [0, 0.1) is 5.92 Å². The van der Waals surface area contributed by atoms with Gasteiger partial charge in [-0.3, -0.25) is 14.4 Å². The second-order valence-electron chi connectivity index (χ2n) is 9.41. The molecule has 2 aromatic carbocycles. The molecule has 0 heterocycles. The van der Waals surface area contributed by atoms with E-state index in [0.29, 0.717) is 16.8 Å². The highest BCUT2D eigenvalue weighted by atomic mass is 35.5. The Morgan fingerprint density at radius 1 is 0.969 bits per heavy atom. The largest absolute Gasteiger partial charge is 0.345 e. The number of anilines is 1. The Morgan fingerprint density at radius 2 is 1.56 bits per heavy atom. The van der Waals surface area contributed by atoms with E-state index in [1.807, 2.05) is 26.0 Å². The van der Waals surface area contributed by atoms with Crippen molar-refractivity contribution in [3.05, 3.63) is 64.2 Å². The number of amides is 3. The highest BCUT2D eigenvalue weighted by Gasteiger charge is 2.25.